The molecule has 0 unspecified atom stereocenters. The summed E-state index contributed by atoms with van der Waals surface area (Å²) in [5.74, 6) is -0.526. The first kappa shape index (κ1) is 12.3. The van der Waals surface area contributed by atoms with E-state index in [1.165, 1.54) is 5.56 Å². The molecule has 2 N–H and O–H groups in total. The van der Waals surface area contributed by atoms with E-state index in [-0.39, 0.29) is 5.69 Å². The fraction of sp³-hybridized carbons (Fsp3) is 0.308. The van der Waals surface area contributed by atoms with Crippen LogP contribution in [0.15, 0.2) is 30.3 Å². The van der Waals surface area contributed by atoms with Crippen molar-refractivity contribution >= 4 is 5.91 Å². The number of benzene rings is 1. The highest BCUT2D eigenvalue weighted by Crippen LogP contribution is 2.07. The Balaban J connectivity index is 1.93. The molecule has 5 heteroatoms. The van der Waals surface area contributed by atoms with Crippen LogP contribution in [0.3, 0.4) is 0 Å². The van der Waals surface area contributed by atoms with Gasteiger partial charge in [0.15, 0.2) is 5.69 Å². The zero-order chi connectivity index (χ0) is 13.0. The van der Waals surface area contributed by atoms with Crippen molar-refractivity contribution in [1.82, 2.24) is 15.0 Å². The molecule has 0 aliphatic heterocycles. The average molecular weight is 244 g/mol. The van der Waals surface area contributed by atoms with Crippen LogP contribution >= 0.6 is 0 Å². The van der Waals surface area contributed by atoms with Gasteiger partial charge in [0, 0.05) is 6.54 Å². The molecule has 0 aliphatic carbocycles. The molecule has 1 aromatic carbocycles. The number of primary amides is 1. The van der Waals surface area contributed by atoms with Crippen LogP contribution in [0.2, 0.25) is 0 Å². The quantitative estimate of drug-likeness (QED) is 0.862. The first-order chi connectivity index (χ1) is 8.68. The molecule has 0 radical (unpaired) electrons. The maximum atomic E-state index is 11.0. The third-order valence-corrected chi connectivity index (χ3v) is 2.89. The van der Waals surface area contributed by atoms with Crippen LogP contribution in [-0.2, 0) is 13.0 Å². The van der Waals surface area contributed by atoms with Crippen molar-refractivity contribution in [3.8, 4) is 0 Å². The number of hydrogen-bond acceptors (Lipinski definition) is 3. The predicted octanol–water partition coefficient (Wildman–Crippen LogP) is 1.32. The van der Waals surface area contributed by atoms with Gasteiger partial charge >= 0.3 is 0 Å². The summed E-state index contributed by atoms with van der Waals surface area (Å²) in [6.45, 7) is 2.55. The van der Waals surface area contributed by atoms with Gasteiger partial charge in [-0.05, 0) is 25.3 Å². The summed E-state index contributed by atoms with van der Waals surface area (Å²) >= 11 is 0. The summed E-state index contributed by atoms with van der Waals surface area (Å²) in [7, 11) is 0. The Morgan fingerprint density at radius 3 is 2.67 bits per heavy atom. The second-order valence-corrected chi connectivity index (χ2v) is 4.20. The van der Waals surface area contributed by atoms with Crippen LogP contribution in [0.1, 0.15) is 28.2 Å². The SMILES string of the molecule is Cc1c(C(N)=O)nnn1CCCc1ccccc1. The Kier molecular flexibility index (Phi) is 3.72. The second-order valence-electron chi connectivity index (χ2n) is 4.20. The predicted molar refractivity (Wildman–Crippen MR) is 68.0 cm³/mol. The zero-order valence-electron chi connectivity index (χ0n) is 10.3. The summed E-state index contributed by atoms with van der Waals surface area (Å²) < 4.78 is 1.73. The van der Waals surface area contributed by atoms with Crippen LogP contribution in [0.25, 0.3) is 0 Å². The Labute approximate surface area is 106 Å². The minimum absolute atomic E-state index is 0.259. The van der Waals surface area contributed by atoms with Gasteiger partial charge in [0.05, 0.1) is 5.69 Å². The number of aryl methyl sites for hydroxylation is 2. The molecule has 0 fully saturated rings. The first-order valence-corrected chi connectivity index (χ1v) is 5.92. The molecule has 1 heterocycles. The van der Waals surface area contributed by atoms with Gasteiger partial charge in [-0.3, -0.25) is 4.79 Å². The van der Waals surface area contributed by atoms with E-state index in [1.807, 2.05) is 25.1 Å². The average Bonchev–Trinajstić information content (AvgIpc) is 2.73. The Bertz CT molecular complexity index is 533. The molecule has 5 nitrogen and oxygen atoms in total. The molecule has 0 spiro atoms. The van der Waals surface area contributed by atoms with Gasteiger partial charge in [0.2, 0.25) is 0 Å². The van der Waals surface area contributed by atoms with E-state index in [1.54, 1.807) is 4.68 Å². The number of amides is 1. The van der Waals surface area contributed by atoms with E-state index in [0.717, 1.165) is 25.1 Å². The molecule has 0 saturated heterocycles. The molecular weight excluding hydrogens is 228 g/mol. The molecule has 0 atom stereocenters. The largest absolute Gasteiger partial charge is 0.364 e. The Hall–Kier alpha value is -2.17. The van der Waals surface area contributed by atoms with Crippen molar-refractivity contribution in [2.75, 3.05) is 0 Å². The van der Waals surface area contributed by atoms with Crippen molar-refractivity contribution in [2.24, 2.45) is 5.73 Å². The van der Waals surface area contributed by atoms with Gasteiger partial charge in [0.25, 0.3) is 5.91 Å². The smallest absolute Gasteiger partial charge is 0.271 e. The van der Waals surface area contributed by atoms with E-state index in [2.05, 4.69) is 22.4 Å². The lowest BCUT2D eigenvalue weighted by atomic mass is 10.1. The monoisotopic (exact) mass is 244 g/mol. The van der Waals surface area contributed by atoms with Crippen LogP contribution < -0.4 is 5.73 Å². The van der Waals surface area contributed by atoms with E-state index in [4.69, 9.17) is 5.73 Å². The summed E-state index contributed by atoms with van der Waals surface area (Å²) in [6.07, 6.45) is 1.93. The molecule has 18 heavy (non-hydrogen) atoms. The highest BCUT2D eigenvalue weighted by Gasteiger charge is 2.12. The maximum Gasteiger partial charge on any atom is 0.271 e. The number of carbonyl (C=O) groups excluding carboxylic acids is 1. The fourth-order valence-corrected chi connectivity index (χ4v) is 1.88. The van der Waals surface area contributed by atoms with E-state index in [0.29, 0.717) is 0 Å². The van der Waals surface area contributed by atoms with Crippen molar-refractivity contribution < 1.29 is 4.79 Å². The number of carbonyl (C=O) groups is 1. The van der Waals surface area contributed by atoms with Crippen molar-refractivity contribution in [3.63, 3.8) is 0 Å². The van der Waals surface area contributed by atoms with Crippen molar-refractivity contribution in [2.45, 2.75) is 26.3 Å². The summed E-state index contributed by atoms with van der Waals surface area (Å²) in [5, 5.41) is 7.71. The number of hydrogen-bond donors (Lipinski definition) is 1. The third-order valence-electron chi connectivity index (χ3n) is 2.89. The highest BCUT2D eigenvalue weighted by atomic mass is 16.1. The third kappa shape index (κ3) is 2.74. The molecular formula is C13H16N4O. The Morgan fingerprint density at radius 1 is 1.33 bits per heavy atom. The standard InChI is InChI=1S/C13H16N4O/c1-10-12(13(14)18)15-16-17(10)9-5-8-11-6-3-2-4-7-11/h2-4,6-7H,5,8-9H2,1H3,(H2,14,18). The minimum atomic E-state index is -0.526. The minimum Gasteiger partial charge on any atom is -0.364 e. The normalized spacial score (nSPS) is 10.5. The maximum absolute atomic E-state index is 11.0. The number of rotatable bonds is 5. The zero-order valence-corrected chi connectivity index (χ0v) is 10.3. The summed E-state index contributed by atoms with van der Waals surface area (Å²) in [5.41, 5.74) is 7.48. The molecule has 94 valence electrons. The second kappa shape index (κ2) is 5.44. The number of aromatic nitrogens is 3. The lowest BCUT2D eigenvalue weighted by molar-refractivity contribution is 0.0995. The summed E-state index contributed by atoms with van der Waals surface area (Å²) in [4.78, 5) is 11.0. The molecule has 0 aliphatic rings. The lowest BCUT2D eigenvalue weighted by Gasteiger charge is -2.03. The molecule has 2 rings (SSSR count). The van der Waals surface area contributed by atoms with Gasteiger partial charge in [-0.25, -0.2) is 4.68 Å². The van der Waals surface area contributed by atoms with Gasteiger partial charge in [-0.1, -0.05) is 35.5 Å². The van der Waals surface area contributed by atoms with Gasteiger partial charge in [-0.2, -0.15) is 0 Å². The topological polar surface area (TPSA) is 73.8 Å². The molecule has 0 saturated carbocycles. The lowest BCUT2D eigenvalue weighted by Crippen LogP contribution is -2.13. The van der Waals surface area contributed by atoms with Crippen LogP contribution in [0.4, 0.5) is 0 Å². The fourth-order valence-electron chi connectivity index (χ4n) is 1.88. The summed E-state index contributed by atoms with van der Waals surface area (Å²) in [6, 6.07) is 10.3. The molecule has 0 bridgehead atoms. The molecule has 1 aromatic heterocycles. The van der Waals surface area contributed by atoms with Crippen LogP contribution in [0, 0.1) is 6.92 Å². The first-order valence-electron chi connectivity index (χ1n) is 5.92. The van der Waals surface area contributed by atoms with Crippen molar-refractivity contribution in [1.29, 1.82) is 0 Å². The number of nitrogens with zero attached hydrogens (tertiary/aromatic N) is 3. The molecule has 1 amide bonds. The van der Waals surface area contributed by atoms with Crippen molar-refractivity contribution in [3.05, 3.63) is 47.3 Å². The van der Waals surface area contributed by atoms with Gasteiger partial charge in [-0.15, -0.1) is 5.10 Å². The molecule has 2 aromatic rings. The number of nitrogens with two attached hydrogens (primary N) is 1. The van der Waals surface area contributed by atoms with E-state index < -0.39 is 5.91 Å². The highest BCUT2D eigenvalue weighted by molar-refractivity contribution is 5.91. The van der Waals surface area contributed by atoms with Gasteiger partial charge < -0.3 is 5.73 Å². The van der Waals surface area contributed by atoms with E-state index in [9.17, 15) is 4.79 Å². The van der Waals surface area contributed by atoms with Crippen LogP contribution in [-0.4, -0.2) is 20.9 Å². The Morgan fingerprint density at radius 2 is 2.06 bits per heavy atom. The van der Waals surface area contributed by atoms with Gasteiger partial charge in [0.1, 0.15) is 0 Å². The van der Waals surface area contributed by atoms with E-state index >= 15 is 0 Å². The van der Waals surface area contributed by atoms with Crippen LogP contribution in [0.5, 0.6) is 0 Å².